The van der Waals surface area contributed by atoms with E-state index in [0.29, 0.717) is 5.82 Å². The van der Waals surface area contributed by atoms with Gasteiger partial charge in [0, 0.05) is 11.1 Å². The van der Waals surface area contributed by atoms with Crippen LogP contribution in [0.25, 0.3) is 10.9 Å². The number of nitrogens with two attached hydrogens (primary N) is 1. The molecule has 12 heavy (non-hydrogen) atoms. The molecular weight excluding hydrogens is 152 g/mol. The lowest BCUT2D eigenvalue weighted by Gasteiger charge is -1.99. The minimum Gasteiger partial charge on any atom is -0.383 e. The topological polar surface area (TPSA) is 64.7 Å². The lowest BCUT2D eigenvalue weighted by atomic mass is 10.2. The molecule has 0 bridgehead atoms. The summed E-state index contributed by atoms with van der Waals surface area (Å²) in [5, 5.41) is 0.866. The van der Waals surface area contributed by atoms with Crippen LogP contribution >= 0.6 is 0 Å². The molecule has 0 saturated carbocycles. The zero-order valence-corrected chi connectivity index (χ0v) is 6.65. The Kier molecular flexibility index (Phi) is 1.40. The number of nitrogens with zero attached hydrogens (tertiary/aromatic N) is 3. The number of aromatic nitrogens is 3. The van der Waals surface area contributed by atoms with Gasteiger partial charge in [0.1, 0.15) is 12.1 Å². The number of hydrogen-bond acceptors (Lipinski definition) is 4. The van der Waals surface area contributed by atoms with Crippen LogP contribution in [0.1, 0.15) is 5.69 Å². The average molecular weight is 160 g/mol. The standard InChI is InChI=1S/C8H8N4/c1-5-2-6-7(3-10-5)11-4-12-8(6)9/h2-4H,1H3,(H2,9,11,12). The first-order chi connectivity index (χ1) is 5.77. The van der Waals surface area contributed by atoms with Crippen molar-refractivity contribution < 1.29 is 0 Å². The second-order valence-corrected chi connectivity index (χ2v) is 2.60. The van der Waals surface area contributed by atoms with Crippen LogP contribution in [0, 0.1) is 6.92 Å². The van der Waals surface area contributed by atoms with E-state index in [9.17, 15) is 0 Å². The summed E-state index contributed by atoms with van der Waals surface area (Å²) >= 11 is 0. The van der Waals surface area contributed by atoms with Crippen LogP contribution in [0.15, 0.2) is 18.6 Å². The Morgan fingerprint density at radius 2 is 2.08 bits per heavy atom. The average Bonchev–Trinajstić information content (AvgIpc) is 2.07. The third kappa shape index (κ3) is 0.972. The van der Waals surface area contributed by atoms with E-state index in [4.69, 9.17) is 5.73 Å². The number of hydrogen-bond donors (Lipinski definition) is 1. The molecular formula is C8H8N4. The molecule has 2 aromatic rings. The monoisotopic (exact) mass is 160 g/mol. The third-order valence-corrected chi connectivity index (χ3v) is 1.69. The van der Waals surface area contributed by atoms with Gasteiger partial charge >= 0.3 is 0 Å². The maximum absolute atomic E-state index is 5.65. The minimum absolute atomic E-state index is 0.505. The van der Waals surface area contributed by atoms with Gasteiger partial charge in [-0.2, -0.15) is 0 Å². The molecule has 2 heterocycles. The van der Waals surface area contributed by atoms with Crippen molar-refractivity contribution in [1.82, 2.24) is 15.0 Å². The molecule has 0 fully saturated rings. The lowest BCUT2D eigenvalue weighted by molar-refractivity contribution is 1.17. The SMILES string of the molecule is Cc1cc2c(N)ncnc2cn1. The highest BCUT2D eigenvalue weighted by atomic mass is 14.9. The van der Waals surface area contributed by atoms with Crippen molar-refractivity contribution in [3.8, 4) is 0 Å². The van der Waals surface area contributed by atoms with Gasteiger partial charge in [-0.15, -0.1) is 0 Å². The number of aryl methyl sites for hydroxylation is 1. The van der Waals surface area contributed by atoms with E-state index in [1.807, 2.05) is 13.0 Å². The fraction of sp³-hybridized carbons (Fsp3) is 0.125. The van der Waals surface area contributed by atoms with Gasteiger partial charge in [0.2, 0.25) is 0 Å². The largest absolute Gasteiger partial charge is 0.383 e. The minimum atomic E-state index is 0.505. The predicted octanol–water partition coefficient (Wildman–Crippen LogP) is 0.915. The quantitative estimate of drug-likeness (QED) is 0.622. The molecule has 0 unspecified atom stereocenters. The molecule has 0 atom stereocenters. The molecule has 60 valence electrons. The van der Waals surface area contributed by atoms with E-state index in [1.165, 1.54) is 6.33 Å². The maximum Gasteiger partial charge on any atom is 0.134 e. The van der Waals surface area contributed by atoms with Crippen molar-refractivity contribution in [3.63, 3.8) is 0 Å². The molecule has 0 aliphatic carbocycles. The fourth-order valence-electron chi connectivity index (χ4n) is 1.08. The van der Waals surface area contributed by atoms with Crippen molar-refractivity contribution in [1.29, 1.82) is 0 Å². The van der Waals surface area contributed by atoms with Crippen LogP contribution in [-0.4, -0.2) is 15.0 Å². The summed E-state index contributed by atoms with van der Waals surface area (Å²) < 4.78 is 0. The van der Waals surface area contributed by atoms with Crippen LogP contribution < -0.4 is 5.73 Å². The molecule has 0 amide bonds. The lowest BCUT2D eigenvalue weighted by Crippen LogP contribution is -1.94. The maximum atomic E-state index is 5.65. The zero-order chi connectivity index (χ0) is 8.55. The van der Waals surface area contributed by atoms with E-state index in [2.05, 4.69) is 15.0 Å². The van der Waals surface area contributed by atoms with E-state index >= 15 is 0 Å². The molecule has 2 aromatic heterocycles. The number of fused-ring (bicyclic) bond motifs is 1. The fourth-order valence-corrected chi connectivity index (χ4v) is 1.08. The van der Waals surface area contributed by atoms with Crippen molar-refractivity contribution in [2.24, 2.45) is 0 Å². The highest BCUT2D eigenvalue weighted by Crippen LogP contribution is 2.15. The van der Waals surface area contributed by atoms with Gasteiger partial charge in [0.15, 0.2) is 0 Å². The van der Waals surface area contributed by atoms with Crippen LogP contribution in [0.4, 0.5) is 5.82 Å². The Morgan fingerprint density at radius 3 is 2.92 bits per heavy atom. The van der Waals surface area contributed by atoms with Crippen molar-refractivity contribution in [3.05, 3.63) is 24.3 Å². The molecule has 0 aliphatic rings. The van der Waals surface area contributed by atoms with Crippen molar-refractivity contribution in [2.45, 2.75) is 6.92 Å². The first-order valence-electron chi connectivity index (χ1n) is 3.60. The number of anilines is 1. The second-order valence-electron chi connectivity index (χ2n) is 2.60. The summed E-state index contributed by atoms with van der Waals surface area (Å²) in [5.41, 5.74) is 7.35. The van der Waals surface area contributed by atoms with Gasteiger partial charge in [-0.1, -0.05) is 0 Å². The number of nitrogen functional groups attached to an aromatic ring is 1. The van der Waals surface area contributed by atoms with Gasteiger partial charge < -0.3 is 5.73 Å². The predicted molar refractivity (Wildman–Crippen MR) is 46.5 cm³/mol. The van der Waals surface area contributed by atoms with Crippen molar-refractivity contribution in [2.75, 3.05) is 5.73 Å². The van der Waals surface area contributed by atoms with Gasteiger partial charge in [-0.3, -0.25) is 4.98 Å². The Balaban J connectivity index is 2.88. The molecule has 0 aromatic carbocycles. The molecule has 0 spiro atoms. The third-order valence-electron chi connectivity index (χ3n) is 1.69. The van der Waals surface area contributed by atoms with Gasteiger partial charge in [0.05, 0.1) is 11.7 Å². The second kappa shape index (κ2) is 2.41. The first kappa shape index (κ1) is 6.97. The molecule has 4 heteroatoms. The van der Waals surface area contributed by atoms with Gasteiger partial charge in [-0.25, -0.2) is 9.97 Å². The summed E-state index contributed by atoms with van der Waals surface area (Å²) in [6, 6.07) is 1.88. The highest BCUT2D eigenvalue weighted by Gasteiger charge is 1.99. The Labute approximate surface area is 69.5 Å². The van der Waals surface area contributed by atoms with E-state index < -0.39 is 0 Å². The molecule has 4 nitrogen and oxygen atoms in total. The number of pyridine rings is 1. The smallest absolute Gasteiger partial charge is 0.134 e. The summed E-state index contributed by atoms with van der Waals surface area (Å²) in [7, 11) is 0. The normalized spacial score (nSPS) is 10.4. The highest BCUT2D eigenvalue weighted by molar-refractivity contribution is 5.87. The van der Waals surface area contributed by atoms with Gasteiger partial charge in [0.25, 0.3) is 0 Å². The summed E-state index contributed by atoms with van der Waals surface area (Å²) in [4.78, 5) is 12.0. The van der Waals surface area contributed by atoms with Crippen LogP contribution in [0.3, 0.4) is 0 Å². The number of rotatable bonds is 0. The summed E-state index contributed by atoms with van der Waals surface area (Å²) in [6.07, 6.45) is 3.14. The molecule has 0 saturated heterocycles. The van der Waals surface area contributed by atoms with E-state index in [0.717, 1.165) is 16.6 Å². The summed E-state index contributed by atoms with van der Waals surface area (Å²) in [6.45, 7) is 1.91. The first-order valence-corrected chi connectivity index (χ1v) is 3.60. The molecule has 0 radical (unpaired) electrons. The molecule has 2 N–H and O–H groups in total. The van der Waals surface area contributed by atoms with Crippen molar-refractivity contribution >= 4 is 16.7 Å². The molecule has 2 rings (SSSR count). The van der Waals surface area contributed by atoms with E-state index in [1.54, 1.807) is 6.20 Å². The van der Waals surface area contributed by atoms with E-state index in [-0.39, 0.29) is 0 Å². The zero-order valence-electron chi connectivity index (χ0n) is 6.65. The Hall–Kier alpha value is -1.71. The van der Waals surface area contributed by atoms with Gasteiger partial charge in [-0.05, 0) is 13.0 Å². The molecule has 0 aliphatic heterocycles. The van der Waals surface area contributed by atoms with Crippen LogP contribution in [0.5, 0.6) is 0 Å². The Morgan fingerprint density at radius 1 is 1.25 bits per heavy atom. The Bertz CT molecular complexity index is 424. The van der Waals surface area contributed by atoms with Crippen LogP contribution in [-0.2, 0) is 0 Å². The summed E-state index contributed by atoms with van der Waals surface area (Å²) in [5.74, 6) is 0.505. The van der Waals surface area contributed by atoms with Crippen LogP contribution in [0.2, 0.25) is 0 Å².